The van der Waals surface area contributed by atoms with Crippen LogP contribution in [0.5, 0.6) is 11.5 Å². The summed E-state index contributed by atoms with van der Waals surface area (Å²) in [7, 11) is -4.30. The molecular weight excluding hydrogens is 325 g/mol. The minimum absolute atomic E-state index is 0.0470. The average Bonchev–Trinajstić information content (AvgIpc) is 2.29. The maximum atomic E-state index is 11.0. The number of halogens is 2. The van der Waals surface area contributed by atoms with Gasteiger partial charge in [-0.1, -0.05) is 23.2 Å². The topological polar surface area (TPSA) is 76.5 Å². The van der Waals surface area contributed by atoms with Crippen LogP contribution in [-0.4, -0.2) is 18.0 Å². The van der Waals surface area contributed by atoms with Crippen LogP contribution in [-0.2, 0) is 10.1 Å². The van der Waals surface area contributed by atoms with E-state index in [0.717, 1.165) is 6.07 Å². The molecule has 1 N–H and O–H groups in total. The van der Waals surface area contributed by atoms with Gasteiger partial charge in [-0.2, -0.15) is 8.42 Å². The first-order valence-corrected chi connectivity index (χ1v) is 7.54. The van der Waals surface area contributed by atoms with Crippen molar-refractivity contribution in [3.8, 4) is 11.5 Å². The van der Waals surface area contributed by atoms with Crippen molar-refractivity contribution in [2.24, 2.45) is 0 Å². The number of pyridine rings is 1. The summed E-state index contributed by atoms with van der Waals surface area (Å²) < 4.78 is 36.4. The predicted molar refractivity (Wildman–Crippen MR) is 75.3 cm³/mol. The van der Waals surface area contributed by atoms with E-state index in [9.17, 15) is 8.42 Å². The molecule has 8 heteroatoms. The zero-order chi connectivity index (χ0) is 14.9. The number of benzene rings is 1. The van der Waals surface area contributed by atoms with Crippen molar-refractivity contribution in [3.63, 3.8) is 0 Å². The van der Waals surface area contributed by atoms with Crippen molar-refractivity contribution in [2.45, 2.75) is 11.8 Å². The van der Waals surface area contributed by atoms with Crippen LogP contribution in [0.2, 0.25) is 10.2 Å². The molecule has 1 aromatic carbocycles. The number of rotatable bonds is 3. The number of ether oxygens (including phenoxy) is 1. The number of aryl methyl sites for hydroxylation is 1. The van der Waals surface area contributed by atoms with Gasteiger partial charge in [0.25, 0.3) is 10.1 Å². The van der Waals surface area contributed by atoms with E-state index in [1.54, 1.807) is 13.0 Å². The zero-order valence-electron chi connectivity index (χ0n) is 10.2. The maximum Gasteiger partial charge on any atom is 0.294 e. The van der Waals surface area contributed by atoms with Crippen LogP contribution in [0.4, 0.5) is 0 Å². The third-order valence-electron chi connectivity index (χ3n) is 2.32. The van der Waals surface area contributed by atoms with Crippen LogP contribution in [0.3, 0.4) is 0 Å². The predicted octanol–water partition coefficient (Wildman–Crippen LogP) is 3.74. The van der Waals surface area contributed by atoms with Crippen LogP contribution in [0.25, 0.3) is 0 Å². The van der Waals surface area contributed by atoms with Gasteiger partial charge < -0.3 is 4.74 Å². The first kappa shape index (κ1) is 15.1. The summed E-state index contributed by atoms with van der Waals surface area (Å²) in [5.41, 5.74) is 0.665. The van der Waals surface area contributed by atoms with Gasteiger partial charge >= 0.3 is 0 Å². The monoisotopic (exact) mass is 333 g/mol. The smallest absolute Gasteiger partial charge is 0.294 e. The maximum absolute atomic E-state index is 11.0. The summed E-state index contributed by atoms with van der Waals surface area (Å²) in [4.78, 5) is 3.68. The second kappa shape index (κ2) is 5.57. The summed E-state index contributed by atoms with van der Waals surface area (Å²) >= 11 is 11.7. The Morgan fingerprint density at radius 3 is 2.45 bits per heavy atom. The Morgan fingerprint density at radius 1 is 1.20 bits per heavy atom. The van der Waals surface area contributed by atoms with Gasteiger partial charge in [0.1, 0.15) is 16.7 Å². The fourth-order valence-electron chi connectivity index (χ4n) is 1.51. The van der Waals surface area contributed by atoms with Crippen molar-refractivity contribution in [2.75, 3.05) is 0 Å². The fourth-order valence-corrected chi connectivity index (χ4v) is 2.54. The van der Waals surface area contributed by atoms with E-state index in [-0.39, 0.29) is 20.8 Å². The second-order valence-corrected chi connectivity index (χ2v) is 6.15. The van der Waals surface area contributed by atoms with Crippen molar-refractivity contribution in [1.82, 2.24) is 4.98 Å². The molecule has 1 aromatic heterocycles. The van der Waals surface area contributed by atoms with Gasteiger partial charge in [0.15, 0.2) is 0 Å². The molecular formula is C12H9Cl2NO4S. The average molecular weight is 334 g/mol. The van der Waals surface area contributed by atoms with Crippen molar-refractivity contribution in [3.05, 3.63) is 46.2 Å². The molecule has 20 heavy (non-hydrogen) atoms. The lowest BCUT2D eigenvalue weighted by atomic mass is 10.3. The normalized spacial score (nSPS) is 11.4. The molecule has 0 unspecified atom stereocenters. The molecule has 5 nitrogen and oxygen atoms in total. The van der Waals surface area contributed by atoms with E-state index in [0.29, 0.717) is 11.4 Å². The highest BCUT2D eigenvalue weighted by atomic mass is 35.5. The summed E-state index contributed by atoms with van der Waals surface area (Å²) in [6, 6.07) is 6.78. The first-order valence-electron chi connectivity index (χ1n) is 5.35. The summed E-state index contributed by atoms with van der Waals surface area (Å²) in [5, 5.41) is 0.316. The molecule has 0 saturated heterocycles. The highest BCUT2D eigenvalue weighted by Crippen LogP contribution is 2.32. The number of hydrogen-bond acceptors (Lipinski definition) is 4. The van der Waals surface area contributed by atoms with Gasteiger partial charge in [-0.25, -0.2) is 4.98 Å². The molecule has 0 atom stereocenters. The van der Waals surface area contributed by atoms with Crippen LogP contribution in [0.1, 0.15) is 5.69 Å². The summed E-state index contributed by atoms with van der Waals surface area (Å²) in [6.45, 7) is 1.75. The zero-order valence-corrected chi connectivity index (χ0v) is 12.5. The van der Waals surface area contributed by atoms with Crippen molar-refractivity contribution >= 4 is 33.3 Å². The highest BCUT2D eigenvalue weighted by Gasteiger charge is 2.13. The molecule has 0 aliphatic carbocycles. The Hall–Kier alpha value is -1.34. The lowest BCUT2D eigenvalue weighted by molar-refractivity contribution is 0.477. The lowest BCUT2D eigenvalue weighted by Crippen LogP contribution is -1.98. The van der Waals surface area contributed by atoms with Gasteiger partial charge in [-0.3, -0.25) is 4.55 Å². The Morgan fingerprint density at radius 2 is 1.90 bits per heavy atom. The lowest BCUT2D eigenvalue weighted by Gasteiger charge is -2.09. The van der Waals surface area contributed by atoms with Gasteiger partial charge in [0.05, 0.1) is 9.92 Å². The molecule has 2 rings (SSSR count). The minimum atomic E-state index is -4.30. The Labute approximate surface area is 125 Å². The summed E-state index contributed by atoms with van der Waals surface area (Å²) in [6.07, 6.45) is 0. The van der Waals surface area contributed by atoms with Crippen molar-refractivity contribution in [1.29, 1.82) is 0 Å². The standard InChI is InChI=1S/C12H9Cl2NO4S/c1-7-4-8(5-12(14)15-7)19-11-3-2-9(6-10(11)13)20(16,17)18/h2-6H,1H3,(H,16,17,18). The first-order chi connectivity index (χ1) is 9.25. The van der Waals surface area contributed by atoms with E-state index >= 15 is 0 Å². The van der Waals surface area contributed by atoms with E-state index < -0.39 is 10.1 Å². The molecule has 0 amide bonds. The SMILES string of the molecule is Cc1cc(Oc2ccc(S(=O)(=O)O)cc2Cl)cc(Cl)n1. The summed E-state index contributed by atoms with van der Waals surface area (Å²) in [5.74, 6) is 0.657. The van der Waals surface area contributed by atoms with Crippen LogP contribution < -0.4 is 4.74 Å². The number of hydrogen-bond donors (Lipinski definition) is 1. The Bertz CT molecular complexity index is 742. The van der Waals surface area contributed by atoms with E-state index in [2.05, 4.69) is 4.98 Å². The number of aromatic nitrogens is 1. The molecule has 106 valence electrons. The van der Waals surface area contributed by atoms with Gasteiger partial charge in [0, 0.05) is 17.8 Å². The molecule has 0 aliphatic rings. The van der Waals surface area contributed by atoms with E-state index in [1.165, 1.54) is 18.2 Å². The third-order valence-corrected chi connectivity index (χ3v) is 3.66. The molecule has 0 aliphatic heterocycles. The molecule has 0 saturated carbocycles. The van der Waals surface area contributed by atoms with Gasteiger partial charge in [0.2, 0.25) is 0 Å². The second-order valence-electron chi connectivity index (χ2n) is 3.94. The third kappa shape index (κ3) is 3.61. The minimum Gasteiger partial charge on any atom is -0.456 e. The van der Waals surface area contributed by atoms with E-state index in [4.69, 9.17) is 32.5 Å². The van der Waals surface area contributed by atoms with Gasteiger partial charge in [-0.05, 0) is 25.1 Å². The number of nitrogens with zero attached hydrogens (tertiary/aromatic N) is 1. The Kier molecular flexibility index (Phi) is 4.19. The van der Waals surface area contributed by atoms with Gasteiger partial charge in [-0.15, -0.1) is 0 Å². The molecule has 0 bridgehead atoms. The van der Waals surface area contributed by atoms with Crippen LogP contribution in [0.15, 0.2) is 35.2 Å². The molecule has 2 aromatic rings. The Balaban J connectivity index is 2.35. The molecule has 0 fully saturated rings. The molecule has 0 spiro atoms. The largest absolute Gasteiger partial charge is 0.456 e. The highest BCUT2D eigenvalue weighted by molar-refractivity contribution is 7.85. The quantitative estimate of drug-likeness (QED) is 0.683. The van der Waals surface area contributed by atoms with Crippen molar-refractivity contribution < 1.29 is 17.7 Å². The van der Waals surface area contributed by atoms with E-state index in [1.807, 2.05) is 0 Å². The van der Waals surface area contributed by atoms with Crippen LogP contribution in [0, 0.1) is 6.92 Å². The molecule has 0 radical (unpaired) electrons. The van der Waals surface area contributed by atoms with Crippen LogP contribution >= 0.6 is 23.2 Å². The fraction of sp³-hybridized carbons (Fsp3) is 0.0833. The molecule has 1 heterocycles.